The lowest BCUT2D eigenvalue weighted by atomic mass is 10.0. The van der Waals surface area contributed by atoms with Gasteiger partial charge in [-0.2, -0.15) is 0 Å². The molecule has 0 bridgehead atoms. The molecular formula is C16H25NO2. The number of hydrogen-bond acceptors (Lipinski definition) is 3. The SMILES string of the molecule is COCCC1(CNC(C)Cc2ccc(O)cc2)CC1. The zero-order chi connectivity index (χ0) is 13.7. The summed E-state index contributed by atoms with van der Waals surface area (Å²) in [5.41, 5.74) is 1.76. The molecule has 1 atom stereocenters. The largest absolute Gasteiger partial charge is 0.508 e. The number of phenols is 1. The molecule has 2 rings (SSSR count). The number of rotatable bonds is 8. The minimum absolute atomic E-state index is 0.334. The molecule has 1 aliphatic rings. The molecule has 1 fully saturated rings. The molecule has 0 heterocycles. The third-order valence-electron chi connectivity index (χ3n) is 4.10. The van der Waals surface area contributed by atoms with E-state index in [0.29, 0.717) is 17.2 Å². The average molecular weight is 263 g/mol. The second-order valence-corrected chi connectivity index (χ2v) is 5.90. The monoisotopic (exact) mass is 263 g/mol. The number of ether oxygens (including phenoxy) is 1. The molecule has 19 heavy (non-hydrogen) atoms. The van der Waals surface area contributed by atoms with Gasteiger partial charge >= 0.3 is 0 Å². The van der Waals surface area contributed by atoms with Gasteiger partial charge < -0.3 is 15.2 Å². The molecule has 1 aromatic rings. The van der Waals surface area contributed by atoms with Crippen LogP contribution in [0.3, 0.4) is 0 Å². The van der Waals surface area contributed by atoms with Gasteiger partial charge in [0.25, 0.3) is 0 Å². The Morgan fingerprint density at radius 2 is 2.00 bits per heavy atom. The van der Waals surface area contributed by atoms with E-state index in [-0.39, 0.29) is 0 Å². The zero-order valence-corrected chi connectivity index (χ0v) is 12.0. The summed E-state index contributed by atoms with van der Waals surface area (Å²) in [6.07, 6.45) is 4.83. The Bertz CT molecular complexity index is 384. The number of hydrogen-bond donors (Lipinski definition) is 2. The van der Waals surface area contributed by atoms with E-state index in [0.717, 1.165) is 19.6 Å². The highest BCUT2D eigenvalue weighted by atomic mass is 16.5. The fraction of sp³-hybridized carbons (Fsp3) is 0.625. The summed E-state index contributed by atoms with van der Waals surface area (Å²) in [6, 6.07) is 7.95. The van der Waals surface area contributed by atoms with Crippen LogP contribution < -0.4 is 5.32 Å². The maximum absolute atomic E-state index is 9.26. The van der Waals surface area contributed by atoms with Crippen molar-refractivity contribution in [3.63, 3.8) is 0 Å². The van der Waals surface area contributed by atoms with Crippen LogP contribution in [0.25, 0.3) is 0 Å². The van der Waals surface area contributed by atoms with Crippen LogP contribution in [0.15, 0.2) is 24.3 Å². The van der Waals surface area contributed by atoms with E-state index >= 15 is 0 Å². The third kappa shape index (κ3) is 4.51. The van der Waals surface area contributed by atoms with Gasteiger partial charge in [0.1, 0.15) is 5.75 Å². The average Bonchev–Trinajstić information content (AvgIpc) is 3.18. The second-order valence-electron chi connectivity index (χ2n) is 5.90. The van der Waals surface area contributed by atoms with Crippen molar-refractivity contribution in [1.29, 1.82) is 0 Å². The number of methoxy groups -OCH3 is 1. The predicted molar refractivity (Wildman–Crippen MR) is 77.4 cm³/mol. The lowest BCUT2D eigenvalue weighted by molar-refractivity contribution is 0.170. The number of benzene rings is 1. The van der Waals surface area contributed by atoms with E-state index in [9.17, 15) is 5.11 Å². The van der Waals surface area contributed by atoms with Gasteiger partial charge in [-0.25, -0.2) is 0 Å². The van der Waals surface area contributed by atoms with Crippen LogP contribution >= 0.6 is 0 Å². The van der Waals surface area contributed by atoms with Crippen molar-refractivity contribution in [3.8, 4) is 5.75 Å². The maximum atomic E-state index is 9.26. The van der Waals surface area contributed by atoms with Gasteiger partial charge in [-0.05, 0) is 55.7 Å². The zero-order valence-electron chi connectivity index (χ0n) is 12.0. The normalized spacial score (nSPS) is 18.2. The summed E-state index contributed by atoms with van der Waals surface area (Å²) >= 11 is 0. The van der Waals surface area contributed by atoms with Crippen molar-refractivity contribution in [3.05, 3.63) is 29.8 Å². The molecule has 106 valence electrons. The fourth-order valence-corrected chi connectivity index (χ4v) is 2.46. The topological polar surface area (TPSA) is 41.5 Å². The van der Waals surface area contributed by atoms with Gasteiger partial charge in [-0.15, -0.1) is 0 Å². The molecule has 0 radical (unpaired) electrons. The molecule has 3 heteroatoms. The van der Waals surface area contributed by atoms with Gasteiger partial charge in [0.05, 0.1) is 0 Å². The summed E-state index contributed by atoms with van der Waals surface area (Å²) < 4.78 is 5.18. The Kier molecular flexibility index (Phi) is 4.83. The number of nitrogens with one attached hydrogen (secondary N) is 1. The second kappa shape index (κ2) is 6.40. The summed E-state index contributed by atoms with van der Waals surface area (Å²) in [7, 11) is 1.77. The molecule has 0 amide bonds. The molecule has 2 N–H and O–H groups in total. The van der Waals surface area contributed by atoms with Crippen molar-refractivity contribution in [2.45, 2.75) is 38.6 Å². The minimum atomic E-state index is 0.334. The highest BCUT2D eigenvalue weighted by Crippen LogP contribution is 2.48. The van der Waals surface area contributed by atoms with E-state index in [4.69, 9.17) is 4.74 Å². The Labute approximate surface area is 116 Å². The lowest BCUT2D eigenvalue weighted by Crippen LogP contribution is -2.34. The maximum Gasteiger partial charge on any atom is 0.115 e. The highest BCUT2D eigenvalue weighted by molar-refractivity contribution is 5.26. The van der Waals surface area contributed by atoms with Crippen LogP contribution in [-0.2, 0) is 11.2 Å². The van der Waals surface area contributed by atoms with Crippen molar-refractivity contribution in [1.82, 2.24) is 5.32 Å². The summed E-state index contributed by atoms with van der Waals surface area (Å²) in [4.78, 5) is 0. The molecule has 0 spiro atoms. The van der Waals surface area contributed by atoms with Crippen LogP contribution in [0, 0.1) is 5.41 Å². The van der Waals surface area contributed by atoms with Crippen LogP contribution in [0.5, 0.6) is 5.75 Å². The van der Waals surface area contributed by atoms with Crippen LogP contribution in [0.2, 0.25) is 0 Å². The van der Waals surface area contributed by atoms with Gasteiger partial charge in [0.2, 0.25) is 0 Å². The summed E-state index contributed by atoms with van der Waals surface area (Å²) in [5.74, 6) is 0.334. The van der Waals surface area contributed by atoms with Crippen LogP contribution in [0.4, 0.5) is 0 Å². The number of phenolic OH excluding ortho intramolecular Hbond substituents is 1. The van der Waals surface area contributed by atoms with Crippen LogP contribution in [0.1, 0.15) is 31.7 Å². The quantitative estimate of drug-likeness (QED) is 0.758. The third-order valence-corrected chi connectivity index (χ3v) is 4.10. The molecule has 1 unspecified atom stereocenters. The molecule has 1 aliphatic carbocycles. The first-order valence-electron chi connectivity index (χ1n) is 7.14. The highest BCUT2D eigenvalue weighted by Gasteiger charge is 2.41. The molecule has 3 nitrogen and oxygen atoms in total. The van der Waals surface area contributed by atoms with E-state index in [2.05, 4.69) is 12.2 Å². The molecular weight excluding hydrogens is 238 g/mol. The lowest BCUT2D eigenvalue weighted by Gasteiger charge is -2.20. The Balaban J connectivity index is 1.72. The first kappa shape index (κ1) is 14.4. The Morgan fingerprint density at radius 1 is 1.32 bits per heavy atom. The standard InChI is InChI=1S/C16H25NO2/c1-13(11-14-3-5-15(18)6-4-14)17-12-16(7-8-16)9-10-19-2/h3-6,13,17-18H,7-12H2,1-2H3. The van der Waals surface area contributed by atoms with Gasteiger partial charge in [0, 0.05) is 26.3 Å². The van der Waals surface area contributed by atoms with Crippen molar-refractivity contribution in [2.75, 3.05) is 20.3 Å². The number of aromatic hydroxyl groups is 1. The summed E-state index contributed by atoms with van der Waals surface area (Å²) in [6.45, 7) is 4.18. The van der Waals surface area contributed by atoms with E-state index in [1.807, 2.05) is 12.1 Å². The van der Waals surface area contributed by atoms with Gasteiger partial charge in [-0.1, -0.05) is 12.1 Å². The molecule has 1 saturated carbocycles. The molecule has 0 saturated heterocycles. The van der Waals surface area contributed by atoms with Crippen molar-refractivity contribution < 1.29 is 9.84 Å². The first-order chi connectivity index (χ1) is 9.13. The van der Waals surface area contributed by atoms with Crippen LogP contribution in [-0.4, -0.2) is 31.4 Å². The van der Waals surface area contributed by atoms with E-state index in [1.54, 1.807) is 19.2 Å². The molecule has 0 aliphatic heterocycles. The Hall–Kier alpha value is -1.06. The van der Waals surface area contributed by atoms with Crippen molar-refractivity contribution >= 4 is 0 Å². The molecule has 1 aromatic carbocycles. The molecule has 0 aromatic heterocycles. The van der Waals surface area contributed by atoms with E-state index in [1.165, 1.54) is 24.8 Å². The van der Waals surface area contributed by atoms with Crippen molar-refractivity contribution in [2.24, 2.45) is 5.41 Å². The van der Waals surface area contributed by atoms with Gasteiger partial charge in [0.15, 0.2) is 0 Å². The Morgan fingerprint density at radius 3 is 2.58 bits per heavy atom. The predicted octanol–water partition coefficient (Wildman–Crippen LogP) is 2.73. The van der Waals surface area contributed by atoms with Gasteiger partial charge in [-0.3, -0.25) is 0 Å². The minimum Gasteiger partial charge on any atom is -0.508 e. The fourth-order valence-electron chi connectivity index (χ4n) is 2.46. The summed E-state index contributed by atoms with van der Waals surface area (Å²) in [5, 5.41) is 12.9. The van der Waals surface area contributed by atoms with E-state index < -0.39 is 0 Å². The first-order valence-corrected chi connectivity index (χ1v) is 7.14. The smallest absolute Gasteiger partial charge is 0.115 e.